The molecule has 0 radical (unpaired) electrons. The average molecular weight is 412 g/mol. The maximum Gasteiger partial charge on any atom is 0.0937 e. The van der Waals surface area contributed by atoms with Gasteiger partial charge < -0.3 is 15.2 Å². The standard InChI is InChI=1S/C27H41NO2/c1-15-11-24-25(28-14-15)17(3)27(30-24)10-8-20-21-6-5-18-12-19(29)7-9-26(18,4)23(21)13-22(20)16(27)2/h5,15,17,19-21,23-25,28-29H,6-14H2,1-4H3/t15-,17+,19-,20+,21+,23-,24-,25+,26+,27+/m0/s1. The largest absolute Gasteiger partial charge is 0.393 e. The van der Waals surface area contributed by atoms with E-state index in [9.17, 15) is 5.11 Å². The van der Waals surface area contributed by atoms with Crippen molar-refractivity contribution in [2.45, 2.75) is 103 Å². The molecule has 0 unspecified atom stereocenters. The minimum absolute atomic E-state index is 0.0222. The summed E-state index contributed by atoms with van der Waals surface area (Å²) in [6.07, 6.45) is 12.2. The number of nitrogens with one attached hydrogen (secondary N) is 1. The molecule has 1 spiro atoms. The van der Waals surface area contributed by atoms with Crippen molar-refractivity contribution in [2.24, 2.45) is 35.0 Å². The summed E-state index contributed by atoms with van der Waals surface area (Å²) in [5, 5.41) is 14.1. The number of aliphatic hydroxyl groups is 1. The Labute approximate surface area is 182 Å². The highest BCUT2D eigenvalue weighted by molar-refractivity contribution is 5.38. The van der Waals surface area contributed by atoms with Crippen LogP contribution in [0.25, 0.3) is 0 Å². The Morgan fingerprint density at radius 2 is 2.00 bits per heavy atom. The van der Waals surface area contributed by atoms with Crippen LogP contribution in [0.5, 0.6) is 0 Å². The van der Waals surface area contributed by atoms with Gasteiger partial charge in [-0.25, -0.2) is 0 Å². The Morgan fingerprint density at radius 1 is 1.17 bits per heavy atom. The smallest absolute Gasteiger partial charge is 0.0937 e. The first-order valence-corrected chi connectivity index (χ1v) is 12.8. The van der Waals surface area contributed by atoms with E-state index in [-0.39, 0.29) is 11.7 Å². The molecule has 2 saturated carbocycles. The Balaban J connectivity index is 1.34. The Bertz CT molecular complexity index is 801. The van der Waals surface area contributed by atoms with E-state index >= 15 is 0 Å². The van der Waals surface area contributed by atoms with Crippen molar-refractivity contribution in [3.8, 4) is 0 Å². The van der Waals surface area contributed by atoms with Gasteiger partial charge in [0.25, 0.3) is 0 Å². The molecule has 30 heavy (non-hydrogen) atoms. The minimum atomic E-state index is -0.111. The van der Waals surface area contributed by atoms with Gasteiger partial charge >= 0.3 is 0 Å². The first-order valence-electron chi connectivity index (χ1n) is 12.8. The summed E-state index contributed by atoms with van der Waals surface area (Å²) in [6.45, 7) is 10.9. The third kappa shape index (κ3) is 2.55. The molecule has 0 amide bonds. The Kier molecular flexibility index (Phi) is 4.46. The Hall–Kier alpha value is -0.640. The number of aliphatic hydroxyl groups excluding tert-OH is 1. The van der Waals surface area contributed by atoms with Gasteiger partial charge in [-0.15, -0.1) is 0 Å². The number of rotatable bonds is 0. The molecule has 0 bridgehead atoms. The summed E-state index contributed by atoms with van der Waals surface area (Å²) < 4.78 is 7.03. The second kappa shape index (κ2) is 6.68. The molecule has 6 aliphatic rings. The number of piperidine rings is 1. The normalized spacial score (nSPS) is 55.0. The van der Waals surface area contributed by atoms with E-state index in [0.29, 0.717) is 23.5 Å². The van der Waals surface area contributed by atoms with Crippen molar-refractivity contribution in [3.63, 3.8) is 0 Å². The first-order chi connectivity index (χ1) is 14.3. The molecule has 4 fully saturated rings. The predicted octanol–water partition coefficient (Wildman–Crippen LogP) is 5.00. The van der Waals surface area contributed by atoms with Gasteiger partial charge in [0.1, 0.15) is 0 Å². The lowest BCUT2D eigenvalue weighted by Crippen LogP contribution is -2.49. The molecule has 6 rings (SSSR count). The number of fused-ring (bicyclic) bond motifs is 6. The van der Waals surface area contributed by atoms with E-state index in [1.54, 1.807) is 16.7 Å². The molecule has 3 nitrogen and oxygen atoms in total. The number of hydrogen-bond acceptors (Lipinski definition) is 3. The van der Waals surface area contributed by atoms with Crippen LogP contribution in [0, 0.1) is 35.0 Å². The van der Waals surface area contributed by atoms with Crippen molar-refractivity contribution in [3.05, 3.63) is 22.8 Å². The summed E-state index contributed by atoms with van der Waals surface area (Å²) in [5.41, 5.74) is 5.25. The SMILES string of the molecule is CC1=C2C[C@H]3[C@H](CC=C4C[C@@H](O)CC[C@]43C)[C@H]2CC[C@@]12O[C@H]1C[C@H](C)CN[C@@H]1[C@H]2C. The van der Waals surface area contributed by atoms with Crippen LogP contribution in [-0.2, 0) is 4.74 Å². The fourth-order valence-corrected chi connectivity index (χ4v) is 9.09. The topological polar surface area (TPSA) is 41.5 Å². The van der Waals surface area contributed by atoms with E-state index in [4.69, 9.17) is 4.74 Å². The van der Waals surface area contributed by atoms with Gasteiger partial charge in [0.15, 0.2) is 0 Å². The van der Waals surface area contributed by atoms with Gasteiger partial charge in [-0.1, -0.05) is 38.0 Å². The van der Waals surface area contributed by atoms with Crippen LogP contribution in [0.15, 0.2) is 22.8 Å². The van der Waals surface area contributed by atoms with E-state index in [0.717, 1.165) is 43.1 Å². The van der Waals surface area contributed by atoms with Crippen molar-refractivity contribution in [1.82, 2.24) is 5.32 Å². The van der Waals surface area contributed by atoms with Crippen LogP contribution in [0.1, 0.15) is 79.1 Å². The number of hydrogen-bond donors (Lipinski definition) is 2. The van der Waals surface area contributed by atoms with Crippen LogP contribution in [-0.4, -0.2) is 35.5 Å². The molecule has 2 N–H and O–H groups in total. The van der Waals surface area contributed by atoms with Crippen LogP contribution >= 0.6 is 0 Å². The zero-order chi connectivity index (χ0) is 20.8. The van der Waals surface area contributed by atoms with Gasteiger partial charge in [-0.2, -0.15) is 0 Å². The molecule has 2 saturated heterocycles. The third-order valence-corrected chi connectivity index (χ3v) is 10.9. The maximum absolute atomic E-state index is 10.3. The molecule has 0 aromatic heterocycles. The van der Waals surface area contributed by atoms with Crippen LogP contribution in [0.4, 0.5) is 0 Å². The van der Waals surface area contributed by atoms with E-state index < -0.39 is 0 Å². The molecule has 10 atom stereocenters. The lowest BCUT2D eigenvalue weighted by atomic mass is 9.56. The third-order valence-electron chi connectivity index (χ3n) is 10.9. The van der Waals surface area contributed by atoms with Crippen molar-refractivity contribution in [2.75, 3.05) is 6.54 Å². The van der Waals surface area contributed by atoms with Crippen molar-refractivity contribution >= 4 is 0 Å². The molecule has 3 heteroatoms. The molecule has 166 valence electrons. The van der Waals surface area contributed by atoms with Gasteiger partial charge in [0.05, 0.1) is 17.8 Å². The predicted molar refractivity (Wildman–Crippen MR) is 120 cm³/mol. The van der Waals surface area contributed by atoms with Crippen LogP contribution < -0.4 is 5.32 Å². The molecule has 0 aromatic carbocycles. The fourth-order valence-electron chi connectivity index (χ4n) is 9.09. The van der Waals surface area contributed by atoms with Crippen molar-refractivity contribution in [1.29, 1.82) is 0 Å². The molecule has 2 heterocycles. The van der Waals surface area contributed by atoms with E-state index in [1.807, 2.05) is 0 Å². The number of ether oxygens (including phenoxy) is 1. The summed E-state index contributed by atoms with van der Waals surface area (Å²) in [6, 6.07) is 0.530. The highest BCUT2D eigenvalue weighted by atomic mass is 16.5. The zero-order valence-electron chi connectivity index (χ0n) is 19.4. The zero-order valence-corrected chi connectivity index (χ0v) is 19.4. The van der Waals surface area contributed by atoms with Gasteiger partial charge in [0.2, 0.25) is 0 Å². The van der Waals surface area contributed by atoms with Crippen LogP contribution in [0.3, 0.4) is 0 Å². The quantitative estimate of drug-likeness (QED) is 0.551. The fraction of sp³-hybridized carbons (Fsp3) is 0.852. The van der Waals surface area contributed by atoms with E-state index in [2.05, 4.69) is 39.1 Å². The van der Waals surface area contributed by atoms with Gasteiger partial charge in [-0.05, 0) is 99.5 Å². The lowest BCUT2D eigenvalue weighted by Gasteiger charge is -2.49. The van der Waals surface area contributed by atoms with Crippen molar-refractivity contribution < 1.29 is 9.84 Å². The van der Waals surface area contributed by atoms with Crippen LogP contribution in [0.2, 0.25) is 0 Å². The lowest BCUT2D eigenvalue weighted by molar-refractivity contribution is -0.0549. The molecule has 4 aliphatic carbocycles. The molecule has 0 aromatic rings. The number of allylic oxidation sites excluding steroid dienone is 2. The average Bonchev–Trinajstić information content (AvgIpc) is 3.23. The highest BCUT2D eigenvalue weighted by Gasteiger charge is 2.60. The van der Waals surface area contributed by atoms with Gasteiger partial charge in [0, 0.05) is 12.0 Å². The summed E-state index contributed by atoms with van der Waals surface area (Å²) in [7, 11) is 0. The minimum Gasteiger partial charge on any atom is -0.393 e. The Morgan fingerprint density at radius 3 is 2.83 bits per heavy atom. The highest BCUT2D eigenvalue weighted by Crippen LogP contribution is 2.65. The van der Waals surface area contributed by atoms with Gasteiger partial charge in [-0.3, -0.25) is 0 Å². The molecular weight excluding hydrogens is 370 g/mol. The first kappa shape index (κ1) is 20.0. The summed E-state index contributed by atoms with van der Waals surface area (Å²) in [5.74, 6) is 3.64. The summed E-state index contributed by atoms with van der Waals surface area (Å²) >= 11 is 0. The second-order valence-corrected chi connectivity index (χ2v) is 12.2. The second-order valence-electron chi connectivity index (χ2n) is 12.2. The monoisotopic (exact) mass is 411 g/mol. The molecule has 2 aliphatic heterocycles. The maximum atomic E-state index is 10.3. The summed E-state index contributed by atoms with van der Waals surface area (Å²) in [4.78, 5) is 0. The van der Waals surface area contributed by atoms with E-state index in [1.165, 1.54) is 38.5 Å². The molecular formula is C27H41NO2.